The summed E-state index contributed by atoms with van der Waals surface area (Å²) >= 11 is 0. The Hall–Kier alpha value is -0.570. The van der Waals surface area contributed by atoms with Gasteiger partial charge >= 0.3 is 5.97 Å². The lowest BCUT2D eigenvalue weighted by atomic mass is 9.44. The molecule has 0 aromatic heterocycles. The van der Waals surface area contributed by atoms with Gasteiger partial charge in [-0.1, -0.05) is 20.8 Å². The second-order valence-electron chi connectivity index (χ2n) is 11.2. The topological polar surface area (TPSA) is 46.5 Å². The molecule has 3 nitrogen and oxygen atoms in total. The van der Waals surface area contributed by atoms with Crippen LogP contribution in [0.2, 0.25) is 0 Å². The fraction of sp³-hybridized carbons (Fsp3) is 0.955. The van der Waals surface area contributed by atoms with Gasteiger partial charge in [-0.25, -0.2) is 0 Å². The lowest BCUT2D eigenvalue weighted by Gasteiger charge is -2.64. The normalized spacial score (nSPS) is 48.0. The SMILES string of the molecule is CC(C)CC1(C(=O)OC(C)(C)C23CC4CC(CC(O)(C4)C2)C3)CC1C. The van der Waals surface area contributed by atoms with Crippen LogP contribution in [-0.4, -0.2) is 22.3 Å². The van der Waals surface area contributed by atoms with E-state index in [0.29, 0.717) is 23.7 Å². The van der Waals surface area contributed by atoms with Gasteiger partial charge in [-0.2, -0.15) is 0 Å². The average molecular weight is 349 g/mol. The molecule has 4 bridgehead atoms. The molecule has 5 fully saturated rings. The van der Waals surface area contributed by atoms with Gasteiger partial charge in [-0.15, -0.1) is 0 Å². The molecule has 0 aromatic carbocycles. The highest BCUT2D eigenvalue weighted by atomic mass is 16.6. The predicted octanol–water partition coefficient (Wildman–Crippen LogP) is 4.71. The Balaban J connectivity index is 1.55. The first-order valence-electron chi connectivity index (χ1n) is 10.5. The fourth-order valence-corrected chi connectivity index (χ4v) is 7.23. The molecule has 0 spiro atoms. The predicted molar refractivity (Wildman–Crippen MR) is 97.9 cm³/mol. The first kappa shape index (κ1) is 17.8. The van der Waals surface area contributed by atoms with Gasteiger partial charge in [0.05, 0.1) is 11.0 Å². The van der Waals surface area contributed by atoms with Gasteiger partial charge in [0.1, 0.15) is 5.60 Å². The van der Waals surface area contributed by atoms with Crippen LogP contribution in [0, 0.1) is 34.5 Å². The third-order valence-electron chi connectivity index (χ3n) is 8.29. The molecule has 5 rings (SSSR count). The molecule has 0 heterocycles. The van der Waals surface area contributed by atoms with Crippen LogP contribution in [0.4, 0.5) is 0 Å². The third-order valence-corrected chi connectivity index (χ3v) is 8.29. The molecule has 0 aliphatic heterocycles. The summed E-state index contributed by atoms with van der Waals surface area (Å²) in [5.41, 5.74) is -1.26. The number of hydrogen-bond donors (Lipinski definition) is 1. The maximum atomic E-state index is 13.2. The van der Waals surface area contributed by atoms with E-state index < -0.39 is 11.2 Å². The number of carbonyl (C=O) groups is 1. The van der Waals surface area contributed by atoms with Crippen molar-refractivity contribution in [2.45, 2.75) is 97.2 Å². The summed E-state index contributed by atoms with van der Waals surface area (Å²) in [5.74, 6) is 2.23. The summed E-state index contributed by atoms with van der Waals surface area (Å²) in [7, 11) is 0. The first-order chi connectivity index (χ1) is 11.5. The van der Waals surface area contributed by atoms with Crippen LogP contribution in [0.15, 0.2) is 0 Å². The third kappa shape index (κ3) is 2.67. The fourth-order valence-electron chi connectivity index (χ4n) is 7.23. The van der Waals surface area contributed by atoms with Gasteiger partial charge in [0.2, 0.25) is 0 Å². The molecule has 4 atom stereocenters. The van der Waals surface area contributed by atoms with Crippen molar-refractivity contribution < 1.29 is 14.6 Å². The summed E-state index contributed by atoms with van der Waals surface area (Å²) in [6.07, 6.45) is 8.17. The van der Waals surface area contributed by atoms with E-state index in [0.717, 1.165) is 44.9 Å². The van der Waals surface area contributed by atoms with E-state index in [1.165, 1.54) is 6.42 Å². The number of rotatable bonds is 5. The Kier molecular flexibility index (Phi) is 3.74. The van der Waals surface area contributed by atoms with E-state index >= 15 is 0 Å². The lowest BCUT2D eigenvalue weighted by molar-refractivity contribution is -0.235. The van der Waals surface area contributed by atoms with E-state index in [9.17, 15) is 9.90 Å². The van der Waals surface area contributed by atoms with Crippen LogP contribution in [0.25, 0.3) is 0 Å². The molecule has 1 N–H and O–H groups in total. The maximum absolute atomic E-state index is 13.2. The van der Waals surface area contributed by atoms with Gasteiger partial charge in [-0.3, -0.25) is 4.79 Å². The van der Waals surface area contributed by atoms with Gasteiger partial charge in [0.25, 0.3) is 0 Å². The lowest BCUT2D eigenvalue weighted by Crippen LogP contribution is -2.63. The van der Waals surface area contributed by atoms with Crippen LogP contribution >= 0.6 is 0 Å². The molecule has 3 heteroatoms. The highest BCUT2D eigenvalue weighted by Crippen LogP contribution is 2.66. The van der Waals surface area contributed by atoms with Crippen LogP contribution in [-0.2, 0) is 9.53 Å². The smallest absolute Gasteiger partial charge is 0.312 e. The van der Waals surface area contributed by atoms with E-state index in [1.54, 1.807) is 0 Å². The Morgan fingerprint density at radius 1 is 1.16 bits per heavy atom. The summed E-state index contributed by atoms with van der Waals surface area (Å²) in [6, 6.07) is 0. The molecule has 0 saturated heterocycles. The van der Waals surface area contributed by atoms with Gasteiger partial charge in [0.15, 0.2) is 0 Å². The van der Waals surface area contributed by atoms with Crippen LogP contribution in [0.5, 0.6) is 0 Å². The second kappa shape index (κ2) is 5.24. The second-order valence-corrected chi connectivity index (χ2v) is 11.2. The number of ether oxygens (including phenoxy) is 1. The van der Waals surface area contributed by atoms with Crippen molar-refractivity contribution in [1.29, 1.82) is 0 Å². The summed E-state index contributed by atoms with van der Waals surface area (Å²) in [5, 5.41) is 11.1. The zero-order valence-electron chi connectivity index (χ0n) is 16.7. The van der Waals surface area contributed by atoms with Crippen molar-refractivity contribution in [2.75, 3.05) is 0 Å². The Morgan fingerprint density at radius 3 is 2.16 bits per heavy atom. The number of hydrogen-bond acceptors (Lipinski definition) is 3. The van der Waals surface area contributed by atoms with Crippen molar-refractivity contribution in [3.63, 3.8) is 0 Å². The highest BCUT2D eigenvalue weighted by Gasteiger charge is 2.65. The van der Waals surface area contributed by atoms with Crippen molar-refractivity contribution in [2.24, 2.45) is 34.5 Å². The van der Waals surface area contributed by atoms with Crippen LogP contribution in [0.1, 0.15) is 86.0 Å². The standard InChI is InChI=1S/C22H36O3/c1-14(2)7-22(8-15(22)3)18(23)25-19(4,5)20-9-16-6-17(10-20)12-21(24,11-16)13-20/h14-17,24H,6-13H2,1-5H3. The zero-order chi connectivity index (χ0) is 18.3. The minimum atomic E-state index is -0.504. The molecule has 25 heavy (non-hydrogen) atoms. The number of esters is 1. The molecule has 0 amide bonds. The average Bonchev–Trinajstić information content (AvgIpc) is 3.05. The Morgan fingerprint density at radius 2 is 1.72 bits per heavy atom. The minimum absolute atomic E-state index is 0.0291. The summed E-state index contributed by atoms with van der Waals surface area (Å²) < 4.78 is 6.32. The number of carbonyl (C=O) groups excluding carboxylic acids is 1. The highest BCUT2D eigenvalue weighted by molar-refractivity contribution is 5.81. The number of aliphatic hydroxyl groups is 1. The molecule has 5 aliphatic rings. The van der Waals surface area contributed by atoms with Gasteiger partial charge in [-0.05, 0) is 88.9 Å². The van der Waals surface area contributed by atoms with E-state index in [1.807, 2.05) is 0 Å². The summed E-state index contributed by atoms with van der Waals surface area (Å²) in [4.78, 5) is 13.2. The quantitative estimate of drug-likeness (QED) is 0.732. The molecular formula is C22H36O3. The van der Waals surface area contributed by atoms with Gasteiger partial charge < -0.3 is 9.84 Å². The molecule has 0 aromatic rings. The molecule has 142 valence electrons. The Bertz CT molecular complexity index is 564. The van der Waals surface area contributed by atoms with Crippen molar-refractivity contribution in [3.8, 4) is 0 Å². The first-order valence-corrected chi connectivity index (χ1v) is 10.5. The molecule has 4 unspecified atom stereocenters. The molecule has 5 aliphatic carbocycles. The van der Waals surface area contributed by atoms with E-state index in [4.69, 9.17) is 4.74 Å². The maximum Gasteiger partial charge on any atom is 0.312 e. The molecular weight excluding hydrogens is 312 g/mol. The van der Waals surface area contributed by atoms with Crippen molar-refractivity contribution >= 4 is 5.97 Å². The monoisotopic (exact) mass is 348 g/mol. The summed E-state index contributed by atoms with van der Waals surface area (Å²) in [6.45, 7) is 10.8. The largest absolute Gasteiger partial charge is 0.459 e. The van der Waals surface area contributed by atoms with E-state index in [-0.39, 0.29) is 16.8 Å². The van der Waals surface area contributed by atoms with E-state index in [2.05, 4.69) is 34.6 Å². The Labute approximate surface area is 152 Å². The van der Waals surface area contributed by atoms with Crippen molar-refractivity contribution in [1.82, 2.24) is 0 Å². The zero-order valence-corrected chi connectivity index (χ0v) is 16.7. The van der Waals surface area contributed by atoms with Crippen LogP contribution in [0.3, 0.4) is 0 Å². The molecule has 0 radical (unpaired) electrons. The van der Waals surface area contributed by atoms with Crippen LogP contribution < -0.4 is 0 Å². The molecule has 5 saturated carbocycles. The minimum Gasteiger partial charge on any atom is -0.459 e. The van der Waals surface area contributed by atoms with Crippen molar-refractivity contribution in [3.05, 3.63) is 0 Å². The van der Waals surface area contributed by atoms with Gasteiger partial charge in [0, 0.05) is 5.41 Å².